The summed E-state index contributed by atoms with van der Waals surface area (Å²) in [5, 5.41) is 0. The van der Waals surface area contributed by atoms with Crippen molar-refractivity contribution in [1.82, 2.24) is 0 Å². The number of halogens is 1. The van der Waals surface area contributed by atoms with E-state index in [0.29, 0.717) is 11.8 Å². The molecule has 0 aliphatic heterocycles. The smallest absolute Gasteiger partial charge is 0.147 e. The Balaban J connectivity index is 0.00000481. The molecule has 0 radical (unpaired) electrons. The third-order valence-electron chi connectivity index (χ3n) is 13.3. The van der Waals surface area contributed by atoms with Crippen LogP contribution in [0.2, 0.25) is 4.51 Å². The summed E-state index contributed by atoms with van der Waals surface area (Å²) in [6, 6.07) is 22.4. The number of rotatable bonds is 10. The third kappa shape index (κ3) is 9.39. The van der Waals surface area contributed by atoms with Crippen LogP contribution in [0, 0.1) is 41.5 Å². The van der Waals surface area contributed by atoms with Crippen LogP contribution in [0.3, 0.4) is 0 Å². The van der Waals surface area contributed by atoms with Crippen LogP contribution < -0.4 is 0 Å². The number of hydrogen-bond acceptors (Lipinski definition) is 0. The quantitative estimate of drug-likeness (QED) is 0.141. The van der Waals surface area contributed by atoms with E-state index in [4.69, 9.17) is 0 Å². The maximum Gasteiger partial charge on any atom is -0.147 e. The summed E-state index contributed by atoms with van der Waals surface area (Å²) in [6.45, 7) is 18.3. The number of aryl methyl sites for hydroxylation is 6. The van der Waals surface area contributed by atoms with Crippen molar-refractivity contribution in [2.75, 3.05) is 0 Å². The molecule has 5 heteroatoms. The Labute approximate surface area is 336 Å². The molecule has 7 rings (SSSR count). The van der Waals surface area contributed by atoms with Gasteiger partial charge in [-0.15, -0.1) is 12.4 Å². The molecule has 0 saturated heterocycles. The molecular formula is C48H72ClP3Ru. The molecule has 5 unspecified atom stereocenters. The van der Waals surface area contributed by atoms with Crippen LogP contribution in [0.25, 0.3) is 0 Å². The molecule has 0 heterocycles. The van der Waals surface area contributed by atoms with Crippen LogP contribution in [0.5, 0.6) is 0 Å². The van der Waals surface area contributed by atoms with Gasteiger partial charge in [0.1, 0.15) is 0 Å². The molecule has 4 fully saturated rings. The zero-order chi connectivity index (χ0) is 36.3. The number of hydrogen-bond donors (Lipinski definition) is 0. The van der Waals surface area contributed by atoms with E-state index in [1.807, 2.05) is 0 Å². The second-order valence-corrected chi connectivity index (χ2v) is 51.6. The molecule has 0 spiro atoms. The Morgan fingerprint density at radius 1 is 0.472 bits per heavy atom. The first-order chi connectivity index (χ1) is 25.1. The molecule has 5 atom stereocenters. The zero-order valence-corrected chi connectivity index (χ0v) is 39.6. The Kier molecular flexibility index (Phi) is 14.8. The first-order valence-corrected chi connectivity index (χ1v) is 33.9. The van der Waals surface area contributed by atoms with E-state index in [1.54, 1.807) is 38.9 Å². The first-order valence-electron chi connectivity index (χ1n) is 21.3. The van der Waals surface area contributed by atoms with Crippen LogP contribution in [-0.2, 0) is 11.7 Å². The summed E-state index contributed by atoms with van der Waals surface area (Å²) in [7, 11) is 0. The van der Waals surface area contributed by atoms with Gasteiger partial charge in [-0.2, -0.15) is 0 Å². The molecule has 0 aromatic heterocycles. The van der Waals surface area contributed by atoms with Gasteiger partial charge in [0.05, 0.1) is 0 Å². The van der Waals surface area contributed by atoms with E-state index in [-0.39, 0.29) is 12.4 Å². The molecule has 4 saturated carbocycles. The average Bonchev–Trinajstić information content (AvgIpc) is 3.54. The Bertz CT molecular complexity index is 1570. The Hall–Kier alpha value is -0.267. The van der Waals surface area contributed by atoms with E-state index in [1.165, 1.54) is 141 Å². The average molecular weight is 879 g/mol. The van der Waals surface area contributed by atoms with Gasteiger partial charge in [0.2, 0.25) is 0 Å². The van der Waals surface area contributed by atoms with Crippen molar-refractivity contribution in [2.45, 2.75) is 184 Å². The summed E-state index contributed by atoms with van der Waals surface area (Å²) in [4.78, 5) is 0. The maximum atomic E-state index is 3.30. The minimum absolute atomic E-state index is 0. The molecule has 4 aliphatic rings. The fourth-order valence-corrected chi connectivity index (χ4v) is 71.4. The number of benzene rings is 3. The van der Waals surface area contributed by atoms with E-state index in [9.17, 15) is 0 Å². The summed E-state index contributed by atoms with van der Waals surface area (Å²) in [5.41, 5.74) is 17.3. The second-order valence-electron chi connectivity index (χ2n) is 17.7. The fraction of sp³-hybridized carbons (Fsp3) is 0.604. The molecule has 4 aliphatic carbocycles. The van der Waals surface area contributed by atoms with Gasteiger partial charge in [-0.25, -0.2) is 0 Å². The van der Waals surface area contributed by atoms with E-state index < -0.39 is 11.7 Å². The monoisotopic (exact) mass is 878 g/mol. The van der Waals surface area contributed by atoms with Crippen molar-refractivity contribution in [3.8, 4) is 0 Å². The molecule has 294 valence electrons. The Morgan fingerprint density at radius 3 is 1.15 bits per heavy atom. The van der Waals surface area contributed by atoms with Crippen LogP contribution in [0.4, 0.5) is 0 Å². The predicted octanol–water partition coefficient (Wildman–Crippen LogP) is 15.7. The maximum absolute atomic E-state index is 3.48. The van der Waals surface area contributed by atoms with Gasteiger partial charge in [-0.3, -0.25) is 0 Å². The summed E-state index contributed by atoms with van der Waals surface area (Å²) >= 11 is -3.48. The normalized spacial score (nSPS) is 25.0. The SMILES string of the molecule is Cc1cc(C)c(C2CCC(c3c(C)cc(C)cc3C)[CH]2[Ru](=[CH]c2ccccc2)([PH]C2CCCCC2)([PH]C2CCCCC2)[PH]C2CCCCC2)c(C)c1.Cl. The van der Waals surface area contributed by atoms with Crippen LogP contribution in [-0.4, -0.2) is 21.6 Å². The largest absolute Gasteiger partial charge is 0.147 e. The summed E-state index contributed by atoms with van der Waals surface area (Å²) in [5.74, 6) is 1.36. The van der Waals surface area contributed by atoms with Crippen molar-refractivity contribution >= 4 is 37.8 Å². The van der Waals surface area contributed by atoms with Gasteiger partial charge in [0.15, 0.2) is 0 Å². The molecular weight excluding hydrogens is 806 g/mol. The van der Waals surface area contributed by atoms with Crippen molar-refractivity contribution in [2.24, 2.45) is 0 Å². The van der Waals surface area contributed by atoms with Crippen molar-refractivity contribution in [3.63, 3.8) is 0 Å². The molecule has 0 amide bonds. The standard InChI is InChI=1S/C23H29.C7H6.3C6H12P.ClH.Ru/c1-14-9-16(3)22(17(4)10-14)20-7-8-21(13-20)23-18(5)11-15(2)12-19(23)6;1-7-5-3-2-4-6-7;3*7-6-4-2-1-3-5-6;;/h9-13,20-21H,7-8H2,1-6H3;1-6H;3*6-7H,1-5H2;1H;/q;;3*-1;;+3. The molecule has 53 heavy (non-hydrogen) atoms. The molecule has 0 nitrogen and oxygen atoms in total. The van der Waals surface area contributed by atoms with Crippen LogP contribution >= 0.6 is 33.1 Å². The fourth-order valence-electron chi connectivity index (χ4n) is 11.5. The summed E-state index contributed by atoms with van der Waals surface area (Å²) in [6.07, 6.45) is 25.1. The van der Waals surface area contributed by atoms with Gasteiger partial charge >= 0.3 is 326 Å². The van der Waals surface area contributed by atoms with Gasteiger partial charge in [0.25, 0.3) is 0 Å². The van der Waals surface area contributed by atoms with Crippen molar-refractivity contribution in [1.29, 1.82) is 0 Å². The summed E-state index contributed by atoms with van der Waals surface area (Å²) < 4.78 is 4.11. The Morgan fingerprint density at radius 2 is 0.811 bits per heavy atom. The van der Waals surface area contributed by atoms with E-state index >= 15 is 0 Å². The zero-order valence-electron chi connectivity index (χ0n) is 34.0. The van der Waals surface area contributed by atoms with Gasteiger partial charge < -0.3 is 0 Å². The molecule has 3 aromatic rings. The van der Waals surface area contributed by atoms with Gasteiger partial charge in [-0.05, 0) is 0 Å². The van der Waals surface area contributed by atoms with Crippen LogP contribution in [0.1, 0.15) is 171 Å². The van der Waals surface area contributed by atoms with Gasteiger partial charge in [0, 0.05) is 0 Å². The first kappa shape index (κ1) is 42.3. The minimum Gasteiger partial charge on any atom is -0.147 e. The third-order valence-corrected chi connectivity index (χ3v) is 55.6. The van der Waals surface area contributed by atoms with Crippen molar-refractivity contribution < 1.29 is 11.7 Å². The minimum atomic E-state index is -3.48. The van der Waals surface area contributed by atoms with Crippen LogP contribution in [0.15, 0.2) is 54.6 Å². The van der Waals surface area contributed by atoms with E-state index in [0.717, 1.165) is 21.5 Å². The predicted molar refractivity (Wildman–Crippen MR) is 244 cm³/mol. The van der Waals surface area contributed by atoms with Gasteiger partial charge in [-0.1, -0.05) is 0 Å². The molecule has 0 N–H and O–H groups in total. The topological polar surface area (TPSA) is 0 Å². The molecule has 3 aromatic carbocycles. The molecule has 0 bridgehead atoms. The van der Waals surface area contributed by atoms with Crippen molar-refractivity contribution in [3.05, 3.63) is 105 Å². The van der Waals surface area contributed by atoms with E-state index in [2.05, 4.69) is 101 Å². The second kappa shape index (κ2) is 18.5.